The molecule has 0 bridgehead atoms. The van der Waals surface area contributed by atoms with Gasteiger partial charge >= 0.3 is 0 Å². The average Bonchev–Trinajstić information content (AvgIpc) is 3.37. The number of carbonyl (C=O) groups is 2. The molecule has 1 atom stereocenters. The van der Waals surface area contributed by atoms with Crippen LogP contribution in [0.25, 0.3) is 0 Å². The number of nitrogens with one attached hydrogen (secondary N) is 2. The molecule has 400 valence electrons. The highest BCUT2D eigenvalue weighted by Gasteiger charge is 2.40. The van der Waals surface area contributed by atoms with E-state index in [1.165, 1.54) is 0 Å². The molecule has 4 N–H and O–H groups in total. The third-order valence-corrected chi connectivity index (χ3v) is 17.4. The van der Waals surface area contributed by atoms with Crippen molar-refractivity contribution in [1.29, 1.82) is 0 Å². The summed E-state index contributed by atoms with van der Waals surface area (Å²) in [7, 11) is -4.48. The molecule has 0 aliphatic carbocycles. The minimum Gasteiger partial charge on any atom is -0.493 e. The fourth-order valence-corrected chi connectivity index (χ4v) is 13.6. The zero-order valence-corrected chi connectivity index (χ0v) is 48.1. The first-order valence-electron chi connectivity index (χ1n) is 25.9. The average molecular weight is 1050 g/mol. The molecule has 0 saturated heterocycles. The van der Waals surface area contributed by atoms with Gasteiger partial charge in [-0.3, -0.25) is 14.2 Å². The maximum absolute atomic E-state index is 14.5. The van der Waals surface area contributed by atoms with Crippen molar-refractivity contribution in [3.63, 3.8) is 0 Å². The molecule has 6 rings (SSSR count). The van der Waals surface area contributed by atoms with Crippen LogP contribution in [-0.4, -0.2) is 49.3 Å². The normalized spacial score (nSPS) is 13.3. The Hall–Kier alpha value is -5.60. The topological polar surface area (TPSA) is 138 Å². The van der Waals surface area contributed by atoms with E-state index in [4.69, 9.17) is 24.3 Å². The van der Waals surface area contributed by atoms with E-state index in [1.54, 1.807) is 0 Å². The molecular weight excluding hydrogens is 973 g/mol. The molecule has 6 aromatic carbocycles. The molecule has 2 amide bonds. The highest BCUT2D eigenvalue weighted by molar-refractivity contribution is 7.74. The van der Waals surface area contributed by atoms with Crippen molar-refractivity contribution in [2.24, 2.45) is 27.4 Å². The van der Waals surface area contributed by atoms with E-state index in [-0.39, 0.29) is 35.3 Å². The van der Waals surface area contributed by atoms with Crippen molar-refractivity contribution >= 4 is 48.5 Å². The smallest absolute Gasteiger partial charge is 0.261 e. The summed E-state index contributed by atoms with van der Waals surface area (Å²) in [6, 6.07) is 54.3. The fraction of sp³-hybridized carbons (Fsp3) is 0.397. The number of carbonyl (C=O) groups excluding carboxylic acids is 2. The quantitative estimate of drug-likeness (QED) is 0.0457. The van der Waals surface area contributed by atoms with Crippen LogP contribution in [0.5, 0.6) is 11.5 Å². The van der Waals surface area contributed by atoms with Gasteiger partial charge < -0.3 is 34.9 Å². The van der Waals surface area contributed by atoms with E-state index in [9.17, 15) is 14.2 Å². The Balaban J connectivity index is 0.951. The van der Waals surface area contributed by atoms with E-state index in [2.05, 4.69) is 62.6 Å². The summed E-state index contributed by atoms with van der Waals surface area (Å²) in [5.74, 6) is 1.29. The van der Waals surface area contributed by atoms with E-state index < -0.39 is 37.4 Å². The Kier molecular flexibility index (Phi) is 19.2. The van der Waals surface area contributed by atoms with Crippen LogP contribution in [0, 0.1) is 21.7 Å². The molecule has 0 aliphatic rings. The first-order valence-corrected chi connectivity index (χ1v) is 28.8. The second kappa shape index (κ2) is 24.6. The highest BCUT2D eigenvalue weighted by atomic mass is 31.2. The SMILES string of the molecule is CC(C)(COc1ccc(C(N)c2ccc(OCC(C)(C)CC(C)(C)C(=O)NC(C)(C)COP(=O)(c3ccccc3)c3ccccc3)cc2)cc1)CC(C)(C)C(=O)NC(C)(C)COP(c1ccccc1)c1ccccc1. The lowest BCUT2D eigenvalue weighted by atomic mass is 9.74. The minimum absolute atomic E-state index is 0.0295. The van der Waals surface area contributed by atoms with Gasteiger partial charge in [0.15, 0.2) is 0 Å². The highest BCUT2D eigenvalue weighted by Crippen LogP contribution is 2.46. The van der Waals surface area contributed by atoms with Crippen molar-refractivity contribution in [2.75, 3.05) is 26.4 Å². The van der Waals surface area contributed by atoms with Gasteiger partial charge in [0.05, 0.1) is 51.7 Å². The zero-order valence-electron chi connectivity index (χ0n) is 46.3. The number of ether oxygens (including phenoxy) is 2. The van der Waals surface area contributed by atoms with E-state index in [0.717, 1.165) is 27.5 Å². The summed E-state index contributed by atoms with van der Waals surface area (Å²) in [5, 5.41) is 9.93. The summed E-state index contributed by atoms with van der Waals surface area (Å²) >= 11 is 0. The zero-order chi connectivity index (χ0) is 54.7. The van der Waals surface area contributed by atoms with Gasteiger partial charge in [-0.05, 0) is 111 Å². The van der Waals surface area contributed by atoms with Gasteiger partial charge in [0.25, 0.3) is 7.37 Å². The summed E-state index contributed by atoms with van der Waals surface area (Å²) in [6.45, 7) is 25.3. The molecule has 6 aromatic rings. The molecule has 0 heterocycles. The van der Waals surface area contributed by atoms with Gasteiger partial charge in [0.2, 0.25) is 11.8 Å². The number of rotatable bonds is 26. The standard InChI is InChI=1S/C63H81N3O7P2/c1-58(2,41-60(5,6)56(67)65-62(9,10)45-72-74(51-25-17-13-18-26-51)52-27-19-14-20-28-52)43-70-49-37-33-47(34-38-49)55(64)48-35-39-50(40-36-48)71-44-59(3,4)42-61(7,8)57(68)66-63(11,12)46-73-75(69,53-29-21-15-22-30-53)54-31-23-16-24-32-54/h13-40,55H,41-46,64H2,1-12H3,(H,65,67)(H,66,68). The van der Waals surface area contributed by atoms with E-state index >= 15 is 0 Å². The van der Waals surface area contributed by atoms with Gasteiger partial charge in [-0.15, -0.1) is 0 Å². The molecule has 0 spiro atoms. The van der Waals surface area contributed by atoms with Crippen molar-refractivity contribution < 1.29 is 32.7 Å². The molecule has 0 saturated carbocycles. The molecule has 0 fully saturated rings. The van der Waals surface area contributed by atoms with Crippen LogP contribution < -0.4 is 47.1 Å². The predicted octanol–water partition coefficient (Wildman–Crippen LogP) is 12.2. The van der Waals surface area contributed by atoms with Crippen LogP contribution in [0.2, 0.25) is 0 Å². The molecule has 0 aliphatic heterocycles. The van der Waals surface area contributed by atoms with E-state index in [1.807, 2.05) is 201 Å². The van der Waals surface area contributed by atoms with Gasteiger partial charge in [0.1, 0.15) is 11.5 Å². The lowest BCUT2D eigenvalue weighted by Crippen LogP contribution is -2.52. The van der Waals surface area contributed by atoms with Crippen molar-refractivity contribution in [2.45, 2.75) is 113 Å². The number of hydrogen-bond acceptors (Lipinski definition) is 8. The molecule has 0 aromatic heterocycles. The third-order valence-electron chi connectivity index (χ3n) is 13.0. The van der Waals surface area contributed by atoms with Gasteiger partial charge in [0, 0.05) is 32.0 Å². The summed E-state index contributed by atoms with van der Waals surface area (Å²) < 4.78 is 40.0. The second-order valence-corrected chi connectivity index (χ2v) is 28.3. The molecular formula is C63H81N3O7P2. The first kappa shape index (κ1) is 58.7. The largest absolute Gasteiger partial charge is 0.493 e. The van der Waals surface area contributed by atoms with Crippen LogP contribution in [0.4, 0.5) is 0 Å². The molecule has 1 unspecified atom stereocenters. The third kappa shape index (κ3) is 16.9. The molecule has 75 heavy (non-hydrogen) atoms. The maximum Gasteiger partial charge on any atom is 0.261 e. The van der Waals surface area contributed by atoms with Crippen LogP contribution in [0.1, 0.15) is 113 Å². The van der Waals surface area contributed by atoms with Gasteiger partial charge in [-0.2, -0.15) is 0 Å². The van der Waals surface area contributed by atoms with Gasteiger partial charge in [-0.25, -0.2) is 0 Å². The van der Waals surface area contributed by atoms with Gasteiger partial charge in [-0.1, -0.05) is 177 Å². The van der Waals surface area contributed by atoms with Crippen LogP contribution in [0.3, 0.4) is 0 Å². The molecule has 12 heteroatoms. The number of nitrogens with two attached hydrogens (primary N) is 1. The Bertz CT molecular complexity index is 2720. The molecule has 10 nitrogen and oxygen atoms in total. The number of benzene rings is 6. The predicted molar refractivity (Wildman–Crippen MR) is 309 cm³/mol. The summed E-state index contributed by atoms with van der Waals surface area (Å²) in [4.78, 5) is 27.8. The number of amides is 2. The Morgan fingerprint density at radius 2 is 0.813 bits per heavy atom. The number of hydrogen-bond donors (Lipinski definition) is 3. The summed E-state index contributed by atoms with van der Waals surface area (Å²) in [6.07, 6.45) is 1.15. The van der Waals surface area contributed by atoms with Crippen molar-refractivity contribution in [3.8, 4) is 11.5 Å². The summed E-state index contributed by atoms with van der Waals surface area (Å²) in [5.41, 5.74) is 5.15. The fourth-order valence-electron chi connectivity index (χ4n) is 9.42. The lowest BCUT2D eigenvalue weighted by Gasteiger charge is -2.37. The monoisotopic (exact) mass is 1050 g/mol. The Labute approximate surface area is 449 Å². The lowest BCUT2D eigenvalue weighted by molar-refractivity contribution is -0.134. The Morgan fingerprint density at radius 3 is 1.17 bits per heavy atom. The van der Waals surface area contributed by atoms with Crippen LogP contribution in [-0.2, 0) is 23.2 Å². The van der Waals surface area contributed by atoms with Crippen molar-refractivity contribution in [3.05, 3.63) is 181 Å². The van der Waals surface area contributed by atoms with Crippen LogP contribution in [0.15, 0.2) is 170 Å². The molecule has 0 radical (unpaired) electrons. The van der Waals surface area contributed by atoms with Crippen LogP contribution >= 0.6 is 15.5 Å². The maximum atomic E-state index is 14.5. The van der Waals surface area contributed by atoms with E-state index in [0.29, 0.717) is 49.0 Å². The van der Waals surface area contributed by atoms with Crippen molar-refractivity contribution in [1.82, 2.24) is 10.6 Å². The minimum atomic E-state index is -3.42. The first-order chi connectivity index (χ1) is 35.2. The second-order valence-electron chi connectivity index (χ2n) is 24.1. The Morgan fingerprint density at radius 1 is 0.480 bits per heavy atom.